The van der Waals surface area contributed by atoms with Crippen molar-refractivity contribution in [1.29, 1.82) is 0 Å². The summed E-state index contributed by atoms with van der Waals surface area (Å²) >= 11 is 0. The van der Waals surface area contributed by atoms with E-state index in [0.717, 1.165) is 42.4 Å². The number of fused-ring (bicyclic) bond motifs is 2. The molecule has 0 spiro atoms. The van der Waals surface area contributed by atoms with Crippen LogP contribution in [0.3, 0.4) is 0 Å². The molecule has 3 rings (SSSR count). The zero-order chi connectivity index (χ0) is 18.7. The molecule has 3 heteroatoms. The molecule has 0 atom stereocenters. The van der Waals surface area contributed by atoms with Gasteiger partial charge in [0.25, 0.3) is 0 Å². The van der Waals surface area contributed by atoms with Gasteiger partial charge in [0.15, 0.2) is 0 Å². The van der Waals surface area contributed by atoms with E-state index in [1.54, 1.807) is 0 Å². The fraction of sp³-hybridized carbons (Fsp3) is 0.478. The van der Waals surface area contributed by atoms with Crippen LogP contribution in [-0.4, -0.2) is 13.2 Å². The minimum absolute atomic E-state index is 0.124. The van der Waals surface area contributed by atoms with E-state index < -0.39 is 0 Å². The van der Waals surface area contributed by atoms with Gasteiger partial charge < -0.3 is 14.2 Å². The Morgan fingerprint density at radius 1 is 0.923 bits per heavy atom. The van der Waals surface area contributed by atoms with E-state index in [-0.39, 0.29) is 5.41 Å². The van der Waals surface area contributed by atoms with Gasteiger partial charge in [-0.3, -0.25) is 0 Å². The first-order valence-corrected chi connectivity index (χ1v) is 9.64. The highest BCUT2D eigenvalue weighted by Gasteiger charge is 2.34. The molecule has 2 aromatic carbocycles. The highest BCUT2D eigenvalue weighted by atomic mass is 16.5. The average molecular weight is 354 g/mol. The third kappa shape index (κ3) is 3.82. The summed E-state index contributed by atoms with van der Waals surface area (Å²) < 4.78 is 18.0. The molecule has 3 nitrogen and oxygen atoms in total. The van der Waals surface area contributed by atoms with E-state index in [0.29, 0.717) is 12.5 Å². The van der Waals surface area contributed by atoms with E-state index in [2.05, 4.69) is 46.8 Å². The Hall–Kier alpha value is -2.16. The van der Waals surface area contributed by atoms with Crippen LogP contribution in [0.2, 0.25) is 0 Å². The third-order valence-electron chi connectivity index (χ3n) is 4.82. The zero-order valence-electron chi connectivity index (χ0n) is 16.6. The molecule has 0 radical (unpaired) electrons. The highest BCUT2D eigenvalue weighted by Crippen LogP contribution is 2.49. The van der Waals surface area contributed by atoms with Crippen LogP contribution in [0.15, 0.2) is 36.4 Å². The van der Waals surface area contributed by atoms with Crippen LogP contribution >= 0.6 is 0 Å². The summed E-state index contributed by atoms with van der Waals surface area (Å²) in [5.41, 5.74) is 2.24. The second-order valence-electron chi connectivity index (χ2n) is 7.95. The van der Waals surface area contributed by atoms with Crippen molar-refractivity contribution in [3.8, 4) is 23.0 Å². The first-order chi connectivity index (χ1) is 12.4. The fourth-order valence-corrected chi connectivity index (χ4v) is 3.25. The van der Waals surface area contributed by atoms with E-state index in [1.807, 2.05) is 24.3 Å². The van der Waals surface area contributed by atoms with Crippen LogP contribution in [-0.2, 0) is 5.41 Å². The maximum atomic E-state index is 6.25. The molecule has 0 saturated carbocycles. The molecule has 1 aliphatic rings. The number of rotatable bonds is 7. The van der Waals surface area contributed by atoms with Gasteiger partial charge in [-0.1, -0.05) is 53.2 Å². The molecule has 0 N–H and O–H groups in total. The number of hydrogen-bond donors (Lipinski definition) is 0. The van der Waals surface area contributed by atoms with Gasteiger partial charge in [-0.25, -0.2) is 0 Å². The van der Waals surface area contributed by atoms with Gasteiger partial charge >= 0.3 is 0 Å². The topological polar surface area (TPSA) is 27.7 Å². The maximum Gasteiger partial charge on any atom is 0.135 e. The quantitative estimate of drug-likeness (QED) is 0.544. The molecule has 0 bridgehead atoms. The Kier molecular flexibility index (Phi) is 5.45. The molecule has 26 heavy (non-hydrogen) atoms. The van der Waals surface area contributed by atoms with Gasteiger partial charge in [0, 0.05) is 28.7 Å². The number of unbranched alkanes of at least 4 members (excludes halogenated alkanes) is 1. The van der Waals surface area contributed by atoms with Crippen LogP contribution in [0.25, 0.3) is 0 Å². The minimum atomic E-state index is -0.124. The van der Waals surface area contributed by atoms with Crippen LogP contribution in [0.5, 0.6) is 23.0 Å². The van der Waals surface area contributed by atoms with E-state index in [9.17, 15) is 0 Å². The van der Waals surface area contributed by atoms with E-state index >= 15 is 0 Å². The second-order valence-corrected chi connectivity index (χ2v) is 7.95. The van der Waals surface area contributed by atoms with Crippen molar-refractivity contribution >= 4 is 0 Å². The van der Waals surface area contributed by atoms with Crippen LogP contribution in [0.4, 0.5) is 0 Å². The normalized spacial score (nSPS) is 14.4. The summed E-state index contributed by atoms with van der Waals surface area (Å²) in [6.07, 6.45) is 2.18. The lowest BCUT2D eigenvalue weighted by molar-refractivity contribution is 0.269. The molecule has 0 aromatic heterocycles. The van der Waals surface area contributed by atoms with Gasteiger partial charge in [-0.2, -0.15) is 0 Å². The molecule has 2 aromatic rings. The summed E-state index contributed by atoms with van der Waals surface area (Å²) in [6, 6.07) is 12.4. The molecule has 0 saturated heterocycles. The highest BCUT2D eigenvalue weighted by molar-refractivity contribution is 5.59. The number of benzene rings is 2. The van der Waals surface area contributed by atoms with Crippen molar-refractivity contribution in [2.75, 3.05) is 13.2 Å². The lowest BCUT2D eigenvalue weighted by atomic mass is 9.76. The molecule has 0 amide bonds. The van der Waals surface area contributed by atoms with E-state index in [4.69, 9.17) is 14.2 Å². The Bertz CT molecular complexity index is 762. The molecule has 1 heterocycles. The molecular weight excluding hydrogens is 324 g/mol. The van der Waals surface area contributed by atoms with Crippen molar-refractivity contribution in [3.63, 3.8) is 0 Å². The van der Waals surface area contributed by atoms with Crippen LogP contribution < -0.4 is 14.2 Å². The van der Waals surface area contributed by atoms with Crippen molar-refractivity contribution in [2.24, 2.45) is 5.92 Å². The third-order valence-corrected chi connectivity index (χ3v) is 4.82. The summed E-state index contributed by atoms with van der Waals surface area (Å²) in [7, 11) is 0. The van der Waals surface area contributed by atoms with Gasteiger partial charge in [-0.05, 0) is 24.5 Å². The summed E-state index contributed by atoms with van der Waals surface area (Å²) in [6.45, 7) is 12.4. The monoisotopic (exact) mass is 354 g/mol. The molecule has 0 fully saturated rings. The average Bonchev–Trinajstić information content (AvgIpc) is 2.59. The van der Waals surface area contributed by atoms with Gasteiger partial charge in [0.1, 0.15) is 23.0 Å². The molecule has 0 unspecified atom stereocenters. The fourth-order valence-electron chi connectivity index (χ4n) is 3.25. The van der Waals surface area contributed by atoms with Crippen molar-refractivity contribution in [1.82, 2.24) is 0 Å². The standard InChI is InChI=1S/C23H30O3/c1-6-7-12-24-17-8-10-19-21(13-17)26-22-14-18(25-15-16(2)3)9-11-20(22)23(19,4)5/h8-11,13-14,16H,6-7,12,15H2,1-5H3. The Morgan fingerprint density at radius 2 is 1.50 bits per heavy atom. The maximum absolute atomic E-state index is 6.25. The van der Waals surface area contributed by atoms with E-state index in [1.165, 1.54) is 11.1 Å². The smallest absolute Gasteiger partial charge is 0.135 e. The second kappa shape index (κ2) is 7.61. The predicted octanol–water partition coefficient (Wildman–Crippen LogP) is 6.33. The van der Waals surface area contributed by atoms with Crippen molar-refractivity contribution in [2.45, 2.75) is 52.9 Å². The predicted molar refractivity (Wildman–Crippen MR) is 106 cm³/mol. The largest absolute Gasteiger partial charge is 0.493 e. The molecule has 140 valence electrons. The SMILES string of the molecule is CCCCOc1ccc2c(c1)Oc1cc(OCC(C)C)ccc1C2(C)C. The van der Waals surface area contributed by atoms with Gasteiger partial charge in [-0.15, -0.1) is 0 Å². The number of ether oxygens (including phenoxy) is 3. The molecule has 1 aliphatic heterocycles. The number of hydrogen-bond acceptors (Lipinski definition) is 3. The van der Waals surface area contributed by atoms with Gasteiger partial charge in [0.05, 0.1) is 13.2 Å². The Labute approximate surface area is 157 Å². The zero-order valence-corrected chi connectivity index (χ0v) is 16.6. The van der Waals surface area contributed by atoms with Crippen LogP contribution in [0.1, 0.15) is 58.6 Å². The summed E-state index contributed by atoms with van der Waals surface area (Å²) in [5, 5.41) is 0. The van der Waals surface area contributed by atoms with Gasteiger partial charge in [0.2, 0.25) is 0 Å². The first kappa shape index (κ1) is 18.6. The Balaban J connectivity index is 1.88. The van der Waals surface area contributed by atoms with Crippen molar-refractivity contribution in [3.05, 3.63) is 47.5 Å². The lowest BCUT2D eigenvalue weighted by Gasteiger charge is -2.34. The molecule has 0 aliphatic carbocycles. The summed E-state index contributed by atoms with van der Waals surface area (Å²) in [4.78, 5) is 0. The van der Waals surface area contributed by atoms with Crippen LogP contribution in [0, 0.1) is 5.92 Å². The first-order valence-electron chi connectivity index (χ1n) is 9.64. The molecular formula is C23H30O3. The Morgan fingerprint density at radius 3 is 2.04 bits per heavy atom. The lowest BCUT2D eigenvalue weighted by Crippen LogP contribution is -2.24. The minimum Gasteiger partial charge on any atom is -0.493 e. The van der Waals surface area contributed by atoms with Crippen molar-refractivity contribution < 1.29 is 14.2 Å². The summed E-state index contributed by atoms with van der Waals surface area (Å²) in [5.74, 6) is 3.95.